The second-order valence-electron chi connectivity index (χ2n) is 2.71. The first-order valence-corrected chi connectivity index (χ1v) is 5.17. The average molecular weight is 226 g/mol. The van der Waals surface area contributed by atoms with Gasteiger partial charge in [0.05, 0.1) is 22.6 Å². The smallest absolute Gasteiger partial charge is 0.118 e. The van der Waals surface area contributed by atoms with Gasteiger partial charge in [-0.3, -0.25) is 4.98 Å². The van der Waals surface area contributed by atoms with Crippen molar-refractivity contribution in [2.75, 3.05) is 11.1 Å². The summed E-state index contributed by atoms with van der Waals surface area (Å²) in [5.74, 6) is 0. The van der Waals surface area contributed by atoms with Crippen molar-refractivity contribution in [2.24, 2.45) is 0 Å². The van der Waals surface area contributed by atoms with Crippen LogP contribution in [0.15, 0.2) is 30.6 Å². The third-order valence-electron chi connectivity index (χ3n) is 1.64. The molecule has 0 fully saturated rings. The van der Waals surface area contributed by atoms with Crippen LogP contribution in [0.1, 0.15) is 0 Å². The summed E-state index contributed by atoms with van der Waals surface area (Å²) in [7, 11) is 0. The van der Waals surface area contributed by atoms with Gasteiger partial charge in [-0.05, 0) is 18.2 Å². The highest BCUT2D eigenvalue weighted by Crippen LogP contribution is 2.34. The Labute approximate surface area is 90.5 Å². The largest absolute Gasteiger partial charge is 0.397 e. The van der Waals surface area contributed by atoms with Gasteiger partial charge < -0.3 is 11.1 Å². The van der Waals surface area contributed by atoms with Gasteiger partial charge in [-0.15, -0.1) is 11.3 Å². The minimum Gasteiger partial charge on any atom is -0.397 e. The molecule has 14 heavy (non-hydrogen) atoms. The molecule has 0 aromatic carbocycles. The Hall–Kier alpha value is -1.26. The maximum atomic E-state index is 5.83. The number of thiophene rings is 1. The monoisotopic (exact) mass is 225 g/mol. The second kappa shape index (κ2) is 3.86. The van der Waals surface area contributed by atoms with Crippen molar-refractivity contribution in [3.8, 4) is 0 Å². The van der Waals surface area contributed by atoms with E-state index >= 15 is 0 Å². The molecule has 2 aromatic heterocycles. The SMILES string of the molecule is Nc1cc(Nc2cccnc2)sc1Cl. The Morgan fingerprint density at radius 1 is 1.50 bits per heavy atom. The van der Waals surface area contributed by atoms with Gasteiger partial charge in [0, 0.05) is 6.20 Å². The number of aromatic nitrogens is 1. The molecule has 0 saturated carbocycles. The lowest BCUT2D eigenvalue weighted by molar-refractivity contribution is 1.33. The molecule has 2 rings (SSSR count). The molecule has 3 N–H and O–H groups in total. The number of halogens is 1. The second-order valence-corrected chi connectivity index (χ2v) is 4.36. The fraction of sp³-hybridized carbons (Fsp3) is 0. The number of hydrogen-bond donors (Lipinski definition) is 2. The lowest BCUT2D eigenvalue weighted by Gasteiger charge is -2.00. The van der Waals surface area contributed by atoms with Gasteiger partial charge in [0.2, 0.25) is 0 Å². The highest BCUT2D eigenvalue weighted by molar-refractivity contribution is 7.20. The Balaban J connectivity index is 2.19. The van der Waals surface area contributed by atoms with Crippen LogP contribution in [0.25, 0.3) is 0 Å². The highest BCUT2D eigenvalue weighted by Gasteiger charge is 2.03. The van der Waals surface area contributed by atoms with E-state index in [1.54, 1.807) is 18.5 Å². The third-order valence-corrected chi connectivity index (χ3v) is 2.95. The Bertz CT molecular complexity index is 407. The molecule has 0 radical (unpaired) electrons. The van der Waals surface area contributed by atoms with E-state index < -0.39 is 0 Å². The molecule has 0 aliphatic carbocycles. The van der Waals surface area contributed by atoms with Crippen molar-refractivity contribution >= 4 is 39.3 Å². The molecule has 3 nitrogen and oxygen atoms in total. The normalized spacial score (nSPS) is 10.1. The van der Waals surface area contributed by atoms with E-state index in [0.717, 1.165) is 10.7 Å². The van der Waals surface area contributed by atoms with E-state index in [4.69, 9.17) is 17.3 Å². The van der Waals surface area contributed by atoms with Gasteiger partial charge in [-0.25, -0.2) is 0 Å². The van der Waals surface area contributed by atoms with E-state index in [1.165, 1.54) is 11.3 Å². The van der Waals surface area contributed by atoms with Crippen LogP contribution >= 0.6 is 22.9 Å². The number of pyridine rings is 1. The maximum Gasteiger partial charge on any atom is 0.118 e. The Morgan fingerprint density at radius 3 is 2.93 bits per heavy atom. The van der Waals surface area contributed by atoms with E-state index in [2.05, 4.69) is 10.3 Å². The fourth-order valence-electron chi connectivity index (χ4n) is 1.02. The van der Waals surface area contributed by atoms with Crippen LogP contribution in [0.4, 0.5) is 16.4 Å². The predicted molar refractivity (Wildman–Crippen MR) is 61.3 cm³/mol. The van der Waals surface area contributed by atoms with Gasteiger partial charge in [0.25, 0.3) is 0 Å². The minimum absolute atomic E-state index is 0.600. The molecule has 0 spiro atoms. The molecule has 0 amide bonds. The van der Waals surface area contributed by atoms with Crippen molar-refractivity contribution < 1.29 is 0 Å². The fourth-order valence-corrected chi connectivity index (χ4v) is 2.05. The number of nitrogens with two attached hydrogens (primary N) is 1. The number of nitrogen functional groups attached to an aromatic ring is 1. The van der Waals surface area contributed by atoms with Crippen molar-refractivity contribution in [1.29, 1.82) is 0 Å². The minimum atomic E-state index is 0.600. The zero-order chi connectivity index (χ0) is 9.97. The van der Waals surface area contributed by atoms with E-state index in [-0.39, 0.29) is 0 Å². The van der Waals surface area contributed by atoms with Crippen LogP contribution in [0, 0.1) is 0 Å². The van der Waals surface area contributed by atoms with Crippen molar-refractivity contribution in [3.05, 3.63) is 34.9 Å². The number of nitrogens with one attached hydrogen (secondary N) is 1. The summed E-state index contributed by atoms with van der Waals surface area (Å²) < 4.78 is 0.608. The quantitative estimate of drug-likeness (QED) is 0.826. The van der Waals surface area contributed by atoms with Crippen molar-refractivity contribution in [3.63, 3.8) is 0 Å². The first-order valence-electron chi connectivity index (χ1n) is 3.97. The standard InChI is InChI=1S/C9H8ClN3S/c10-9-7(11)4-8(14-9)13-6-2-1-3-12-5-6/h1-5,13H,11H2. The summed E-state index contributed by atoms with van der Waals surface area (Å²) >= 11 is 7.24. The molecule has 0 bridgehead atoms. The topological polar surface area (TPSA) is 50.9 Å². The summed E-state index contributed by atoms with van der Waals surface area (Å²) in [5.41, 5.74) is 7.14. The van der Waals surface area contributed by atoms with Crippen LogP contribution in [-0.4, -0.2) is 4.98 Å². The van der Waals surface area contributed by atoms with Crippen LogP contribution in [-0.2, 0) is 0 Å². The number of nitrogens with zero attached hydrogens (tertiary/aromatic N) is 1. The third kappa shape index (κ3) is 1.97. The molecule has 72 valence electrons. The van der Waals surface area contributed by atoms with Crippen molar-refractivity contribution in [2.45, 2.75) is 0 Å². The molecular formula is C9H8ClN3S. The van der Waals surface area contributed by atoms with Gasteiger partial charge in [0.15, 0.2) is 0 Å². The highest BCUT2D eigenvalue weighted by atomic mass is 35.5. The zero-order valence-electron chi connectivity index (χ0n) is 7.20. The van der Waals surface area contributed by atoms with E-state index in [9.17, 15) is 0 Å². The van der Waals surface area contributed by atoms with Crippen LogP contribution in [0.3, 0.4) is 0 Å². The molecule has 0 unspecified atom stereocenters. The number of rotatable bonds is 2. The van der Waals surface area contributed by atoms with Crippen molar-refractivity contribution in [1.82, 2.24) is 4.98 Å². The van der Waals surface area contributed by atoms with Crippen LogP contribution < -0.4 is 11.1 Å². The maximum absolute atomic E-state index is 5.83. The van der Waals surface area contributed by atoms with Gasteiger partial charge in [0.1, 0.15) is 4.34 Å². The average Bonchev–Trinajstić information content (AvgIpc) is 2.47. The molecule has 0 saturated heterocycles. The van der Waals surface area contributed by atoms with Crippen LogP contribution in [0.5, 0.6) is 0 Å². The molecule has 2 aromatic rings. The number of hydrogen-bond acceptors (Lipinski definition) is 4. The van der Waals surface area contributed by atoms with Crippen LogP contribution in [0.2, 0.25) is 4.34 Å². The summed E-state index contributed by atoms with van der Waals surface area (Å²) in [6, 6.07) is 5.59. The lowest BCUT2D eigenvalue weighted by atomic mass is 10.4. The summed E-state index contributed by atoms with van der Waals surface area (Å²) in [4.78, 5) is 3.99. The van der Waals surface area contributed by atoms with Gasteiger partial charge in [-0.2, -0.15) is 0 Å². The Morgan fingerprint density at radius 2 is 2.36 bits per heavy atom. The zero-order valence-corrected chi connectivity index (χ0v) is 8.77. The summed E-state index contributed by atoms with van der Waals surface area (Å²) in [6.07, 6.45) is 3.46. The van der Waals surface area contributed by atoms with E-state index in [0.29, 0.717) is 10.0 Å². The lowest BCUT2D eigenvalue weighted by Crippen LogP contribution is -1.87. The molecule has 0 aliphatic rings. The first-order chi connectivity index (χ1) is 6.75. The first kappa shape index (κ1) is 9.30. The summed E-state index contributed by atoms with van der Waals surface area (Å²) in [6.45, 7) is 0. The number of anilines is 3. The molecule has 0 aliphatic heterocycles. The summed E-state index contributed by atoms with van der Waals surface area (Å²) in [5, 5.41) is 4.07. The molecule has 0 atom stereocenters. The molecule has 2 heterocycles. The molecule has 5 heteroatoms. The van der Waals surface area contributed by atoms with Gasteiger partial charge >= 0.3 is 0 Å². The molecular weight excluding hydrogens is 218 g/mol. The van der Waals surface area contributed by atoms with Gasteiger partial charge in [-0.1, -0.05) is 11.6 Å². The van der Waals surface area contributed by atoms with E-state index in [1.807, 2.05) is 12.1 Å². The Kier molecular flexibility index (Phi) is 2.56. The predicted octanol–water partition coefficient (Wildman–Crippen LogP) is 3.12.